The van der Waals surface area contributed by atoms with Crippen LogP contribution in [0.25, 0.3) is 0 Å². The Balaban J connectivity index is 2.90. The third-order valence-corrected chi connectivity index (χ3v) is 4.09. The Morgan fingerprint density at radius 1 is 1.50 bits per heavy atom. The van der Waals surface area contributed by atoms with Crippen molar-refractivity contribution >= 4 is 50.6 Å². The number of thiocarbonyl (C=S) groups is 1. The first-order valence-electron chi connectivity index (χ1n) is 6.34. The van der Waals surface area contributed by atoms with Crippen LogP contribution in [0.15, 0.2) is 22.7 Å². The van der Waals surface area contributed by atoms with E-state index < -0.39 is 0 Å². The molecule has 0 radical (unpaired) electrons. The molecule has 6 heteroatoms. The molecule has 20 heavy (non-hydrogen) atoms. The molecule has 2 N–H and O–H groups in total. The van der Waals surface area contributed by atoms with Crippen molar-refractivity contribution in [3.63, 3.8) is 0 Å². The van der Waals surface area contributed by atoms with Crippen molar-refractivity contribution in [2.24, 2.45) is 11.7 Å². The smallest absolute Gasteiger partial charge is 0.253 e. The Kier molecular flexibility index (Phi) is 6.92. The predicted molar refractivity (Wildman–Crippen MR) is 91.3 cm³/mol. The number of carbonyl (C=O) groups is 1. The SMILES string of the molecule is CC(C)CN(CCC(N)=S)C(=O)c1ccc(Cl)c(Br)c1. The van der Waals surface area contributed by atoms with Gasteiger partial charge in [-0.1, -0.05) is 37.7 Å². The minimum atomic E-state index is -0.0349. The van der Waals surface area contributed by atoms with Gasteiger partial charge in [-0.15, -0.1) is 0 Å². The van der Waals surface area contributed by atoms with Gasteiger partial charge in [0, 0.05) is 29.5 Å². The van der Waals surface area contributed by atoms with Gasteiger partial charge >= 0.3 is 0 Å². The van der Waals surface area contributed by atoms with E-state index in [0.717, 1.165) is 0 Å². The molecule has 3 nitrogen and oxygen atoms in total. The van der Waals surface area contributed by atoms with Gasteiger partial charge in [0.2, 0.25) is 0 Å². The maximum atomic E-state index is 12.5. The molecule has 110 valence electrons. The molecule has 1 amide bonds. The largest absolute Gasteiger partial charge is 0.393 e. The summed E-state index contributed by atoms with van der Waals surface area (Å²) in [6.07, 6.45) is 0.530. The van der Waals surface area contributed by atoms with Gasteiger partial charge in [-0.05, 0) is 40.0 Å². The number of hydrogen-bond donors (Lipinski definition) is 1. The molecule has 0 aliphatic rings. The van der Waals surface area contributed by atoms with Crippen LogP contribution in [-0.2, 0) is 0 Å². The van der Waals surface area contributed by atoms with E-state index in [1.165, 1.54) is 0 Å². The first-order valence-corrected chi connectivity index (χ1v) is 7.91. The fourth-order valence-electron chi connectivity index (χ4n) is 1.77. The zero-order valence-corrected chi connectivity index (χ0v) is 14.7. The van der Waals surface area contributed by atoms with Gasteiger partial charge in [-0.3, -0.25) is 4.79 Å². The zero-order chi connectivity index (χ0) is 15.3. The number of amides is 1. The van der Waals surface area contributed by atoms with Crippen LogP contribution in [0, 0.1) is 5.92 Å². The average Bonchev–Trinajstić information content (AvgIpc) is 2.36. The van der Waals surface area contributed by atoms with Gasteiger partial charge in [0.15, 0.2) is 0 Å². The molecule has 0 saturated carbocycles. The summed E-state index contributed by atoms with van der Waals surface area (Å²) in [6.45, 7) is 5.34. The number of nitrogens with two attached hydrogens (primary N) is 1. The highest BCUT2D eigenvalue weighted by atomic mass is 79.9. The van der Waals surface area contributed by atoms with E-state index in [0.29, 0.717) is 45.5 Å². The van der Waals surface area contributed by atoms with Crippen molar-refractivity contribution in [3.05, 3.63) is 33.3 Å². The van der Waals surface area contributed by atoms with Gasteiger partial charge in [0.05, 0.1) is 10.0 Å². The minimum absolute atomic E-state index is 0.0349. The standard InChI is InChI=1S/C14H18BrClN2OS/c1-9(2)8-18(6-5-13(17)20)14(19)10-3-4-12(16)11(15)7-10/h3-4,7,9H,5-6,8H2,1-2H3,(H2,17,20). The highest BCUT2D eigenvalue weighted by Crippen LogP contribution is 2.24. The van der Waals surface area contributed by atoms with Crippen LogP contribution in [0.2, 0.25) is 5.02 Å². The molecule has 1 aromatic carbocycles. The summed E-state index contributed by atoms with van der Waals surface area (Å²) >= 11 is 14.2. The van der Waals surface area contributed by atoms with Crippen molar-refractivity contribution in [1.82, 2.24) is 4.90 Å². The fourth-order valence-corrected chi connectivity index (χ4v) is 2.36. The van der Waals surface area contributed by atoms with Crippen LogP contribution in [0.4, 0.5) is 0 Å². The van der Waals surface area contributed by atoms with Crippen LogP contribution in [-0.4, -0.2) is 28.9 Å². The second-order valence-electron chi connectivity index (χ2n) is 4.99. The molecule has 0 aliphatic carbocycles. The second-order valence-corrected chi connectivity index (χ2v) is 6.78. The van der Waals surface area contributed by atoms with E-state index in [4.69, 9.17) is 29.6 Å². The zero-order valence-electron chi connectivity index (χ0n) is 11.5. The van der Waals surface area contributed by atoms with E-state index in [9.17, 15) is 4.79 Å². The fraction of sp³-hybridized carbons (Fsp3) is 0.429. The summed E-state index contributed by atoms with van der Waals surface area (Å²) < 4.78 is 0.712. The van der Waals surface area contributed by atoms with Crippen LogP contribution in [0.5, 0.6) is 0 Å². The lowest BCUT2D eigenvalue weighted by atomic mass is 10.1. The Labute approximate surface area is 138 Å². The van der Waals surface area contributed by atoms with Crippen LogP contribution < -0.4 is 5.73 Å². The number of rotatable bonds is 6. The third kappa shape index (κ3) is 5.38. The first kappa shape index (κ1) is 17.4. The van der Waals surface area contributed by atoms with Gasteiger partial charge in [0.25, 0.3) is 5.91 Å². The van der Waals surface area contributed by atoms with Gasteiger partial charge in [-0.2, -0.15) is 0 Å². The van der Waals surface area contributed by atoms with Crippen LogP contribution in [0.1, 0.15) is 30.6 Å². The predicted octanol–water partition coefficient (Wildman–Crippen LogP) is 3.88. The lowest BCUT2D eigenvalue weighted by Gasteiger charge is -2.24. The molecule has 0 bridgehead atoms. The lowest BCUT2D eigenvalue weighted by molar-refractivity contribution is 0.0741. The molecular formula is C14H18BrClN2OS. The molecule has 0 saturated heterocycles. The summed E-state index contributed by atoms with van der Waals surface area (Å²) in [5, 5.41) is 0.583. The highest BCUT2D eigenvalue weighted by molar-refractivity contribution is 9.10. The van der Waals surface area contributed by atoms with Crippen molar-refractivity contribution in [1.29, 1.82) is 0 Å². The average molecular weight is 378 g/mol. The molecule has 0 aromatic heterocycles. The molecule has 0 unspecified atom stereocenters. The molecule has 0 spiro atoms. The Morgan fingerprint density at radius 3 is 2.65 bits per heavy atom. The van der Waals surface area contributed by atoms with Crippen molar-refractivity contribution in [3.8, 4) is 0 Å². The molecule has 1 rings (SSSR count). The number of hydrogen-bond acceptors (Lipinski definition) is 2. The first-order chi connectivity index (χ1) is 9.31. The van der Waals surface area contributed by atoms with Crippen LogP contribution in [0.3, 0.4) is 0 Å². The summed E-state index contributed by atoms with van der Waals surface area (Å²) in [4.78, 5) is 14.7. The topological polar surface area (TPSA) is 46.3 Å². The second kappa shape index (κ2) is 7.96. The Morgan fingerprint density at radius 2 is 2.15 bits per heavy atom. The normalized spacial score (nSPS) is 10.7. The Bertz CT molecular complexity index is 508. The molecule has 0 heterocycles. The molecular weight excluding hydrogens is 360 g/mol. The summed E-state index contributed by atoms with van der Waals surface area (Å²) in [5.74, 6) is 0.341. The molecule has 0 atom stereocenters. The maximum Gasteiger partial charge on any atom is 0.253 e. The van der Waals surface area contributed by atoms with Crippen molar-refractivity contribution in [2.45, 2.75) is 20.3 Å². The summed E-state index contributed by atoms with van der Waals surface area (Å²) in [6, 6.07) is 5.17. The van der Waals surface area contributed by atoms with Gasteiger partial charge < -0.3 is 10.6 Å². The van der Waals surface area contributed by atoms with Crippen molar-refractivity contribution < 1.29 is 4.79 Å². The maximum absolute atomic E-state index is 12.5. The molecule has 0 aliphatic heterocycles. The van der Waals surface area contributed by atoms with E-state index in [2.05, 4.69) is 29.8 Å². The monoisotopic (exact) mass is 376 g/mol. The lowest BCUT2D eigenvalue weighted by Crippen LogP contribution is -2.36. The summed E-state index contributed by atoms with van der Waals surface area (Å²) in [7, 11) is 0. The highest BCUT2D eigenvalue weighted by Gasteiger charge is 2.17. The Hall–Kier alpha value is -0.650. The molecule has 1 aromatic rings. The van der Waals surface area contributed by atoms with E-state index in [-0.39, 0.29) is 5.91 Å². The van der Waals surface area contributed by atoms with Gasteiger partial charge in [-0.25, -0.2) is 0 Å². The van der Waals surface area contributed by atoms with Gasteiger partial charge in [0.1, 0.15) is 0 Å². The number of benzene rings is 1. The number of halogens is 2. The van der Waals surface area contributed by atoms with E-state index in [1.807, 2.05) is 0 Å². The van der Waals surface area contributed by atoms with Crippen LogP contribution >= 0.6 is 39.7 Å². The van der Waals surface area contributed by atoms with E-state index >= 15 is 0 Å². The third-order valence-electron chi connectivity index (χ3n) is 2.67. The van der Waals surface area contributed by atoms with E-state index in [1.54, 1.807) is 23.1 Å². The quantitative estimate of drug-likeness (QED) is 0.765. The summed E-state index contributed by atoms with van der Waals surface area (Å²) in [5.41, 5.74) is 6.12. The minimum Gasteiger partial charge on any atom is -0.393 e. The number of carbonyl (C=O) groups excluding carboxylic acids is 1. The van der Waals surface area contributed by atoms with Crippen molar-refractivity contribution in [2.75, 3.05) is 13.1 Å². The molecule has 0 fully saturated rings. The number of nitrogens with zero attached hydrogens (tertiary/aromatic N) is 1.